The van der Waals surface area contributed by atoms with E-state index >= 15 is 0 Å². The van der Waals surface area contributed by atoms with Gasteiger partial charge >= 0.3 is 0 Å². The Morgan fingerprint density at radius 2 is 1.90 bits per heavy atom. The van der Waals surface area contributed by atoms with Crippen molar-refractivity contribution in [2.75, 3.05) is 5.73 Å². The molecule has 2 aromatic carbocycles. The summed E-state index contributed by atoms with van der Waals surface area (Å²) in [6, 6.07) is 15.0. The number of nitrogen functional groups attached to an aromatic ring is 1. The van der Waals surface area contributed by atoms with E-state index in [1.807, 2.05) is 30.3 Å². The number of primary amides is 1. The summed E-state index contributed by atoms with van der Waals surface area (Å²) in [5.74, 6) is -0.0724. The normalized spacial score (nSPS) is 10.7. The number of benzene rings is 2. The molecule has 1 heterocycles. The van der Waals surface area contributed by atoms with Crippen LogP contribution in [0.4, 0.5) is 5.69 Å². The summed E-state index contributed by atoms with van der Waals surface area (Å²) >= 11 is 0. The molecule has 1 amide bonds. The second-order valence-electron chi connectivity index (χ2n) is 4.64. The standard InChI is InChI=1S/C16H14N2O3/c17-14-12-7-6-11(8-13(12)21-15(14)16(18)19)20-9-10-4-2-1-3-5-10/h1-8H,9,17H2,(H2,18,19). The number of hydrogen-bond acceptors (Lipinski definition) is 4. The Hall–Kier alpha value is -2.95. The Bertz CT molecular complexity index is 794. The van der Waals surface area contributed by atoms with Gasteiger partial charge in [-0.3, -0.25) is 4.79 Å². The highest BCUT2D eigenvalue weighted by atomic mass is 16.5. The SMILES string of the molecule is NC(=O)c1oc2cc(OCc3ccccc3)ccc2c1N. The fourth-order valence-corrected chi connectivity index (χ4v) is 2.11. The van der Waals surface area contributed by atoms with E-state index in [4.69, 9.17) is 20.6 Å². The Kier molecular flexibility index (Phi) is 3.23. The van der Waals surface area contributed by atoms with Gasteiger partial charge in [0.15, 0.2) is 0 Å². The van der Waals surface area contributed by atoms with Crippen LogP contribution in [-0.2, 0) is 6.61 Å². The highest BCUT2D eigenvalue weighted by Gasteiger charge is 2.16. The highest BCUT2D eigenvalue weighted by Crippen LogP contribution is 2.31. The molecule has 0 aliphatic carbocycles. The molecule has 0 saturated carbocycles. The van der Waals surface area contributed by atoms with Gasteiger partial charge in [0.25, 0.3) is 5.91 Å². The van der Waals surface area contributed by atoms with Crippen molar-refractivity contribution >= 4 is 22.6 Å². The second-order valence-corrected chi connectivity index (χ2v) is 4.64. The lowest BCUT2D eigenvalue weighted by atomic mass is 10.2. The number of carbonyl (C=O) groups is 1. The molecule has 1 aromatic heterocycles. The summed E-state index contributed by atoms with van der Waals surface area (Å²) < 4.78 is 11.1. The van der Waals surface area contributed by atoms with E-state index in [0.29, 0.717) is 23.3 Å². The quantitative estimate of drug-likeness (QED) is 0.769. The van der Waals surface area contributed by atoms with E-state index in [9.17, 15) is 4.79 Å². The summed E-state index contributed by atoms with van der Waals surface area (Å²) in [5, 5.41) is 0.649. The number of carbonyl (C=O) groups excluding carboxylic acids is 1. The third-order valence-corrected chi connectivity index (χ3v) is 3.17. The van der Waals surface area contributed by atoms with Gasteiger partial charge in [-0.25, -0.2) is 0 Å². The molecule has 0 fully saturated rings. The number of fused-ring (bicyclic) bond motifs is 1. The average Bonchev–Trinajstić information content (AvgIpc) is 2.83. The average molecular weight is 282 g/mol. The Labute approximate surface area is 121 Å². The molecule has 0 aliphatic rings. The van der Waals surface area contributed by atoms with Crippen LogP contribution in [-0.4, -0.2) is 5.91 Å². The van der Waals surface area contributed by atoms with Crippen molar-refractivity contribution in [1.29, 1.82) is 0 Å². The first kappa shape index (κ1) is 13.1. The molecule has 0 aliphatic heterocycles. The first-order valence-electron chi connectivity index (χ1n) is 6.43. The Balaban J connectivity index is 1.86. The number of nitrogens with two attached hydrogens (primary N) is 2. The van der Waals surface area contributed by atoms with E-state index in [1.54, 1.807) is 18.2 Å². The molecular weight excluding hydrogens is 268 g/mol. The maximum atomic E-state index is 11.2. The van der Waals surface area contributed by atoms with Gasteiger partial charge in [0.2, 0.25) is 5.76 Å². The summed E-state index contributed by atoms with van der Waals surface area (Å²) in [6.07, 6.45) is 0. The molecule has 21 heavy (non-hydrogen) atoms. The second kappa shape index (κ2) is 5.20. The van der Waals surface area contributed by atoms with Crippen LogP contribution in [0, 0.1) is 0 Å². The highest BCUT2D eigenvalue weighted by molar-refractivity contribution is 6.04. The monoisotopic (exact) mass is 282 g/mol. The van der Waals surface area contributed by atoms with Crippen LogP contribution in [0.15, 0.2) is 52.9 Å². The van der Waals surface area contributed by atoms with Gasteiger partial charge < -0.3 is 20.6 Å². The lowest BCUT2D eigenvalue weighted by Crippen LogP contribution is -2.11. The molecule has 0 unspecified atom stereocenters. The molecular formula is C16H14N2O3. The number of anilines is 1. The van der Waals surface area contributed by atoms with Gasteiger partial charge in [-0.2, -0.15) is 0 Å². The zero-order chi connectivity index (χ0) is 14.8. The topological polar surface area (TPSA) is 91.5 Å². The number of rotatable bonds is 4. The molecule has 0 bridgehead atoms. The number of furan rings is 1. The third kappa shape index (κ3) is 2.53. The Morgan fingerprint density at radius 3 is 2.62 bits per heavy atom. The smallest absolute Gasteiger partial charge is 0.286 e. The molecule has 0 atom stereocenters. The zero-order valence-corrected chi connectivity index (χ0v) is 11.2. The largest absolute Gasteiger partial charge is 0.489 e. The molecule has 106 valence electrons. The van der Waals surface area contributed by atoms with Crippen molar-refractivity contribution < 1.29 is 13.9 Å². The van der Waals surface area contributed by atoms with Crippen LogP contribution in [0.3, 0.4) is 0 Å². The zero-order valence-electron chi connectivity index (χ0n) is 11.2. The van der Waals surface area contributed by atoms with Crippen molar-refractivity contribution in [2.24, 2.45) is 5.73 Å². The molecule has 0 saturated heterocycles. The van der Waals surface area contributed by atoms with Crippen LogP contribution < -0.4 is 16.2 Å². The summed E-state index contributed by atoms with van der Waals surface area (Å²) in [7, 11) is 0. The minimum absolute atomic E-state index is 0.0230. The first-order valence-corrected chi connectivity index (χ1v) is 6.43. The van der Waals surface area contributed by atoms with Crippen LogP contribution in [0.5, 0.6) is 5.75 Å². The summed E-state index contributed by atoms with van der Waals surface area (Å²) in [6.45, 7) is 0.450. The lowest BCUT2D eigenvalue weighted by Gasteiger charge is -2.05. The molecule has 4 N–H and O–H groups in total. The van der Waals surface area contributed by atoms with Gasteiger partial charge in [-0.1, -0.05) is 30.3 Å². The molecule has 0 radical (unpaired) electrons. The Morgan fingerprint density at radius 1 is 1.14 bits per heavy atom. The molecule has 0 spiro atoms. The van der Waals surface area contributed by atoms with Gasteiger partial charge in [-0.05, 0) is 17.7 Å². The van der Waals surface area contributed by atoms with E-state index in [2.05, 4.69) is 0 Å². The molecule has 3 rings (SSSR count). The number of hydrogen-bond donors (Lipinski definition) is 2. The predicted octanol–water partition coefficient (Wildman–Crippen LogP) is 2.69. The van der Waals surface area contributed by atoms with Crippen LogP contribution in [0.25, 0.3) is 11.0 Å². The fraction of sp³-hybridized carbons (Fsp3) is 0.0625. The van der Waals surface area contributed by atoms with Crippen molar-refractivity contribution in [3.05, 3.63) is 59.9 Å². The summed E-state index contributed by atoms with van der Waals surface area (Å²) in [4.78, 5) is 11.2. The van der Waals surface area contributed by atoms with E-state index in [0.717, 1.165) is 5.56 Å². The van der Waals surface area contributed by atoms with Gasteiger partial charge in [0.05, 0.1) is 5.69 Å². The van der Waals surface area contributed by atoms with Crippen molar-refractivity contribution in [2.45, 2.75) is 6.61 Å². The third-order valence-electron chi connectivity index (χ3n) is 3.17. The maximum Gasteiger partial charge on any atom is 0.286 e. The van der Waals surface area contributed by atoms with E-state index in [1.165, 1.54) is 0 Å². The summed E-state index contributed by atoms with van der Waals surface area (Å²) in [5.41, 5.74) is 12.8. The van der Waals surface area contributed by atoms with Crippen LogP contribution in [0.2, 0.25) is 0 Å². The number of amides is 1. The predicted molar refractivity (Wildman–Crippen MR) is 79.9 cm³/mol. The molecule has 3 aromatic rings. The van der Waals surface area contributed by atoms with Crippen molar-refractivity contribution in [3.63, 3.8) is 0 Å². The first-order chi connectivity index (χ1) is 10.1. The minimum Gasteiger partial charge on any atom is -0.489 e. The van der Waals surface area contributed by atoms with Crippen LogP contribution in [0.1, 0.15) is 16.1 Å². The van der Waals surface area contributed by atoms with Gasteiger partial charge in [0, 0.05) is 11.5 Å². The fourth-order valence-electron chi connectivity index (χ4n) is 2.11. The van der Waals surface area contributed by atoms with E-state index < -0.39 is 5.91 Å². The van der Waals surface area contributed by atoms with Crippen LogP contribution >= 0.6 is 0 Å². The minimum atomic E-state index is -0.685. The molecule has 5 nitrogen and oxygen atoms in total. The lowest BCUT2D eigenvalue weighted by molar-refractivity contribution is 0.0977. The van der Waals surface area contributed by atoms with Crippen molar-refractivity contribution in [1.82, 2.24) is 0 Å². The van der Waals surface area contributed by atoms with E-state index in [-0.39, 0.29) is 11.4 Å². The van der Waals surface area contributed by atoms with Crippen molar-refractivity contribution in [3.8, 4) is 5.75 Å². The molecule has 5 heteroatoms. The number of ether oxygens (including phenoxy) is 1. The maximum absolute atomic E-state index is 11.2. The van der Waals surface area contributed by atoms with Gasteiger partial charge in [0.1, 0.15) is 17.9 Å². The van der Waals surface area contributed by atoms with Gasteiger partial charge in [-0.15, -0.1) is 0 Å².